The molecule has 4 nitrogen and oxygen atoms in total. The van der Waals surface area contributed by atoms with E-state index >= 15 is 0 Å². The number of hydrogen-bond acceptors (Lipinski definition) is 4. The van der Waals surface area contributed by atoms with E-state index in [0.29, 0.717) is 12.3 Å². The van der Waals surface area contributed by atoms with Crippen molar-refractivity contribution in [3.8, 4) is 5.75 Å². The standard InChI is InChI=1S/C65H58N2O2.C4H10/c1-4-5-21-48-24-17-31-53-54-32-19-34-60(65(54)69-63(48)53)67(50-27-13-8-14-28-50)59-42-38-47-35-39-55-58(41-37-46-36-40-56(59)62(47)61(46)55)66(49-25-11-7-12-26-49)57-33-16-15-20-43(2)51-29-18-30-52(64(51)68-44(57)3)45-22-9-6-10-23-45;1-3-4-2/h7-8,11-20,24-32,34-42,45H,4-6,9-10,21-23,33H2,1-3H3;3-4H2,1-2H3/b16-15?,43-20+,57-44-;. The van der Waals surface area contributed by atoms with Crippen molar-refractivity contribution in [3.63, 3.8) is 0 Å². The number of aryl methyl sites for hydroxylation is 1. The lowest BCUT2D eigenvalue weighted by Crippen LogP contribution is -2.20. The Bertz CT molecular complexity index is 3640. The molecule has 2 heterocycles. The maximum Gasteiger partial charge on any atom is 0.159 e. The van der Waals surface area contributed by atoms with E-state index in [-0.39, 0.29) is 0 Å². The van der Waals surface area contributed by atoms with Gasteiger partial charge in [0.15, 0.2) is 5.58 Å². The maximum absolute atomic E-state index is 7.34. The van der Waals surface area contributed by atoms with Gasteiger partial charge >= 0.3 is 0 Å². The summed E-state index contributed by atoms with van der Waals surface area (Å²) in [7, 11) is 0. The van der Waals surface area contributed by atoms with Crippen molar-refractivity contribution in [3.05, 3.63) is 210 Å². The number of rotatable bonds is 11. The van der Waals surface area contributed by atoms with Gasteiger partial charge < -0.3 is 19.0 Å². The SMILES string of the molecule is CCCC.CCCCc1cccc2c1oc1c(N(c3ccccc3)c3ccc4ccc5c(N(/C6=C(/C)Oc7c(cccc7C7CCCCC7)/C(C)=C/C=CC6)c6ccccc6)ccc6ccc3c4c65)cccc12. The van der Waals surface area contributed by atoms with Crippen molar-refractivity contribution < 1.29 is 9.15 Å². The van der Waals surface area contributed by atoms with Crippen LogP contribution in [0.1, 0.15) is 121 Å². The van der Waals surface area contributed by atoms with Gasteiger partial charge in [0.1, 0.15) is 17.1 Å². The second-order valence-electron chi connectivity index (χ2n) is 20.2. The third kappa shape index (κ3) is 9.07. The van der Waals surface area contributed by atoms with Crippen LogP contribution in [-0.2, 0) is 6.42 Å². The molecule has 0 spiro atoms. The normalized spacial score (nSPS) is 16.0. The Labute approximate surface area is 432 Å². The van der Waals surface area contributed by atoms with Gasteiger partial charge in [-0.1, -0.05) is 199 Å². The molecular formula is C69H68N2O2. The lowest BCUT2D eigenvalue weighted by atomic mass is 9.82. The summed E-state index contributed by atoms with van der Waals surface area (Å²) in [6, 6.07) is 60.2. The zero-order valence-corrected chi connectivity index (χ0v) is 43.4. The molecule has 1 aliphatic heterocycles. The summed E-state index contributed by atoms with van der Waals surface area (Å²) in [5, 5.41) is 9.59. The molecule has 0 bridgehead atoms. The van der Waals surface area contributed by atoms with Crippen LogP contribution in [0.2, 0.25) is 0 Å². The highest BCUT2D eigenvalue weighted by molar-refractivity contribution is 6.28. The third-order valence-corrected chi connectivity index (χ3v) is 15.5. The molecule has 9 aromatic carbocycles. The van der Waals surface area contributed by atoms with Gasteiger partial charge in [-0.2, -0.15) is 0 Å². The minimum Gasteiger partial charge on any atom is -0.459 e. The average Bonchev–Trinajstić information content (AvgIpc) is 3.84. The fourth-order valence-corrected chi connectivity index (χ4v) is 11.6. The molecule has 0 N–H and O–H groups in total. The van der Waals surface area contributed by atoms with Crippen LogP contribution in [0.5, 0.6) is 5.75 Å². The quantitative estimate of drug-likeness (QED) is 0.121. The van der Waals surface area contributed by atoms with Crippen molar-refractivity contribution in [1.82, 2.24) is 0 Å². The number of para-hydroxylation sites is 5. The number of ether oxygens (including phenoxy) is 1. The first kappa shape index (κ1) is 47.7. The van der Waals surface area contributed by atoms with E-state index in [1.54, 1.807) is 0 Å². The molecule has 1 fully saturated rings. The molecule has 4 heteroatoms. The van der Waals surface area contributed by atoms with Crippen LogP contribution in [-0.4, -0.2) is 0 Å². The highest BCUT2D eigenvalue weighted by Crippen LogP contribution is 2.50. The molecule has 0 amide bonds. The summed E-state index contributed by atoms with van der Waals surface area (Å²) in [4.78, 5) is 4.87. The van der Waals surface area contributed by atoms with Crippen LogP contribution in [0.15, 0.2) is 198 Å². The summed E-state index contributed by atoms with van der Waals surface area (Å²) in [5.74, 6) is 2.42. The molecule has 0 radical (unpaired) electrons. The molecule has 73 heavy (non-hydrogen) atoms. The summed E-state index contributed by atoms with van der Waals surface area (Å²) >= 11 is 0. The number of benzene rings is 9. The lowest BCUT2D eigenvalue weighted by Gasteiger charge is -2.32. The van der Waals surface area contributed by atoms with Crippen LogP contribution in [0, 0.1) is 0 Å². The summed E-state index contributed by atoms with van der Waals surface area (Å²) in [6.07, 6.45) is 19.6. The van der Waals surface area contributed by atoms with Gasteiger partial charge in [-0.3, -0.25) is 0 Å². The second kappa shape index (κ2) is 21.3. The number of furan rings is 1. The number of nitrogens with zero attached hydrogens (tertiary/aromatic N) is 2. The van der Waals surface area contributed by atoms with Gasteiger partial charge in [-0.15, -0.1) is 0 Å². The van der Waals surface area contributed by atoms with Crippen molar-refractivity contribution in [1.29, 1.82) is 0 Å². The molecule has 2 aliphatic rings. The lowest BCUT2D eigenvalue weighted by molar-refractivity contribution is 0.389. The number of fused-ring (bicyclic) bond motifs is 4. The molecular weight excluding hydrogens is 889 g/mol. The first-order chi connectivity index (χ1) is 36.0. The fraction of sp³-hybridized carbons (Fsp3) is 0.246. The van der Waals surface area contributed by atoms with E-state index in [9.17, 15) is 0 Å². The molecule has 1 aromatic heterocycles. The van der Waals surface area contributed by atoms with E-state index < -0.39 is 0 Å². The van der Waals surface area contributed by atoms with E-state index in [2.05, 4.69) is 226 Å². The maximum atomic E-state index is 7.34. The largest absolute Gasteiger partial charge is 0.459 e. The Balaban J connectivity index is 0.00000139. The summed E-state index contributed by atoms with van der Waals surface area (Å²) < 4.78 is 14.4. The summed E-state index contributed by atoms with van der Waals surface area (Å²) in [6.45, 7) is 11.0. The zero-order chi connectivity index (χ0) is 49.8. The molecule has 12 rings (SSSR count). The number of unbranched alkanes of at least 4 members (excludes halogenated alkanes) is 2. The van der Waals surface area contributed by atoms with Crippen molar-refractivity contribution in [2.45, 2.75) is 111 Å². The Kier molecular flexibility index (Phi) is 13.9. The smallest absolute Gasteiger partial charge is 0.159 e. The Morgan fingerprint density at radius 3 is 1.78 bits per heavy atom. The Morgan fingerprint density at radius 2 is 1.12 bits per heavy atom. The molecule has 0 atom stereocenters. The molecule has 10 aromatic rings. The van der Waals surface area contributed by atoms with Crippen LogP contribution >= 0.6 is 0 Å². The predicted molar refractivity (Wildman–Crippen MR) is 313 cm³/mol. The molecule has 0 unspecified atom stereocenters. The van der Waals surface area contributed by atoms with Crippen molar-refractivity contribution >= 4 is 88.3 Å². The Morgan fingerprint density at radius 1 is 0.521 bits per heavy atom. The minimum absolute atomic E-state index is 0.497. The van der Waals surface area contributed by atoms with Crippen LogP contribution < -0.4 is 14.5 Å². The molecule has 1 saturated carbocycles. The highest BCUT2D eigenvalue weighted by atomic mass is 16.5. The van der Waals surface area contributed by atoms with E-state index in [1.165, 1.54) is 105 Å². The monoisotopic (exact) mass is 957 g/mol. The second-order valence-corrected chi connectivity index (χ2v) is 20.2. The van der Waals surface area contributed by atoms with Gasteiger partial charge in [-0.05, 0) is 126 Å². The number of hydrogen-bond donors (Lipinski definition) is 0. The molecule has 1 aliphatic carbocycles. The molecule has 0 saturated heterocycles. The first-order valence-electron chi connectivity index (χ1n) is 27.2. The van der Waals surface area contributed by atoms with E-state index in [0.717, 1.165) is 81.5 Å². The van der Waals surface area contributed by atoms with Gasteiger partial charge in [0.25, 0.3) is 0 Å². The molecule has 366 valence electrons. The van der Waals surface area contributed by atoms with Crippen molar-refractivity contribution in [2.75, 3.05) is 9.80 Å². The first-order valence-corrected chi connectivity index (χ1v) is 27.2. The van der Waals surface area contributed by atoms with Crippen molar-refractivity contribution in [2.24, 2.45) is 0 Å². The van der Waals surface area contributed by atoms with Crippen LogP contribution in [0.25, 0.3) is 59.8 Å². The average molecular weight is 957 g/mol. The Hall–Kier alpha value is -7.56. The van der Waals surface area contributed by atoms with Gasteiger partial charge in [0.05, 0.1) is 22.8 Å². The predicted octanol–water partition coefficient (Wildman–Crippen LogP) is 21.0. The third-order valence-electron chi connectivity index (χ3n) is 15.5. The van der Waals surface area contributed by atoms with E-state index in [4.69, 9.17) is 9.15 Å². The zero-order valence-electron chi connectivity index (χ0n) is 43.4. The minimum atomic E-state index is 0.497. The number of anilines is 5. The van der Waals surface area contributed by atoms with Crippen LogP contribution in [0.3, 0.4) is 0 Å². The van der Waals surface area contributed by atoms with Gasteiger partial charge in [0.2, 0.25) is 0 Å². The van der Waals surface area contributed by atoms with E-state index in [1.807, 2.05) is 0 Å². The van der Waals surface area contributed by atoms with Gasteiger partial charge in [0, 0.05) is 44.9 Å². The fourth-order valence-electron chi connectivity index (χ4n) is 11.6. The topological polar surface area (TPSA) is 28.9 Å². The number of allylic oxidation sites excluding steroid dienone is 5. The highest BCUT2D eigenvalue weighted by Gasteiger charge is 2.28. The summed E-state index contributed by atoms with van der Waals surface area (Å²) in [5.41, 5.74) is 13.4. The van der Waals surface area contributed by atoms with Gasteiger partial charge in [-0.25, -0.2) is 0 Å². The van der Waals surface area contributed by atoms with Crippen LogP contribution in [0.4, 0.5) is 28.4 Å².